The van der Waals surface area contributed by atoms with Crippen molar-refractivity contribution in [2.24, 2.45) is 34.7 Å². The molecule has 0 spiro atoms. The molecule has 4 aliphatic rings. The Labute approximate surface area is 324 Å². The van der Waals surface area contributed by atoms with Crippen LogP contribution in [0.1, 0.15) is 86.6 Å². The second-order valence-corrected chi connectivity index (χ2v) is 16.8. The van der Waals surface area contributed by atoms with Crippen molar-refractivity contribution in [3.05, 3.63) is 23.9 Å². The molecule has 55 heavy (non-hydrogen) atoms. The molecule has 15 heteroatoms. The molecule has 0 saturated carbocycles. The quantitative estimate of drug-likeness (QED) is 0.301. The summed E-state index contributed by atoms with van der Waals surface area (Å²) >= 11 is 0. The fraction of sp³-hybridized carbons (Fsp3) is 0.775. The van der Waals surface area contributed by atoms with Gasteiger partial charge in [0.15, 0.2) is 6.29 Å². The lowest BCUT2D eigenvalue weighted by Crippen LogP contribution is -2.60. The van der Waals surface area contributed by atoms with Gasteiger partial charge in [-0.1, -0.05) is 32.9 Å². The number of Topliss-reactive ketones (excluding diaryl/α,β-unsaturated/α-hetero) is 1. The van der Waals surface area contributed by atoms with E-state index >= 15 is 0 Å². The van der Waals surface area contributed by atoms with Crippen LogP contribution in [-0.4, -0.2) is 120 Å². The van der Waals surface area contributed by atoms with E-state index in [9.17, 15) is 19.5 Å². The Morgan fingerprint density at radius 1 is 1.09 bits per heavy atom. The molecule has 14 atom stereocenters. The van der Waals surface area contributed by atoms with Crippen LogP contribution in [-0.2, 0) is 54.2 Å². The third kappa shape index (κ3) is 9.34. The second-order valence-electron chi connectivity index (χ2n) is 16.8. The molecule has 0 radical (unpaired) electrons. The first-order valence-corrected chi connectivity index (χ1v) is 19.6. The Balaban J connectivity index is 1.59. The summed E-state index contributed by atoms with van der Waals surface area (Å²) in [6, 6.07) is 3.20. The zero-order chi connectivity index (χ0) is 40.4. The number of aliphatic hydroxyl groups is 1. The van der Waals surface area contributed by atoms with Gasteiger partial charge in [0.1, 0.15) is 41.7 Å². The first-order valence-electron chi connectivity index (χ1n) is 19.6. The number of likely N-dealkylation sites (N-methyl/N-ethyl adjacent to an activating group) is 1. The number of oxime groups is 1. The predicted octanol–water partition coefficient (Wildman–Crippen LogP) is 3.68. The van der Waals surface area contributed by atoms with Gasteiger partial charge in [0.05, 0.1) is 49.5 Å². The molecule has 3 N–H and O–H groups in total. The number of carbonyl (C=O) groups excluding carboxylic acids is 3. The van der Waals surface area contributed by atoms with E-state index in [0.29, 0.717) is 24.4 Å². The number of ketones is 1. The van der Waals surface area contributed by atoms with Crippen molar-refractivity contribution in [1.82, 2.24) is 9.88 Å². The molecule has 0 aliphatic carbocycles. The van der Waals surface area contributed by atoms with Crippen LogP contribution in [0.5, 0.6) is 0 Å². The van der Waals surface area contributed by atoms with Gasteiger partial charge < -0.3 is 49.0 Å². The molecule has 5 rings (SSSR count). The van der Waals surface area contributed by atoms with Gasteiger partial charge in [-0.25, -0.2) is 4.98 Å². The number of esters is 2. The number of hydrogen-bond acceptors (Lipinski definition) is 15. The van der Waals surface area contributed by atoms with Crippen molar-refractivity contribution in [1.29, 1.82) is 0 Å². The Kier molecular flexibility index (Phi) is 13.7. The highest BCUT2D eigenvalue weighted by Crippen LogP contribution is 2.46. The monoisotopic (exact) mass is 774 g/mol. The van der Waals surface area contributed by atoms with E-state index in [1.807, 2.05) is 60.5 Å². The van der Waals surface area contributed by atoms with Crippen LogP contribution >= 0.6 is 0 Å². The maximum atomic E-state index is 14.5. The molecule has 1 aromatic heterocycles. The number of nitrogens with zero attached hydrogens (tertiary/aromatic N) is 3. The minimum absolute atomic E-state index is 0.0239. The highest BCUT2D eigenvalue weighted by molar-refractivity contribution is 5.87. The number of fused-ring (bicyclic) bond motifs is 4. The summed E-state index contributed by atoms with van der Waals surface area (Å²) in [7, 11) is 3.80. The molecule has 1 aromatic rings. The van der Waals surface area contributed by atoms with Crippen LogP contribution in [0.2, 0.25) is 0 Å². The topological polar surface area (TPSA) is 191 Å². The number of hydrogen-bond donors (Lipinski definition) is 2. The van der Waals surface area contributed by atoms with Gasteiger partial charge in [-0.15, -0.1) is 0 Å². The van der Waals surface area contributed by atoms with Crippen molar-refractivity contribution in [3.8, 4) is 0 Å². The lowest BCUT2D eigenvalue weighted by Gasteiger charge is -2.48. The zero-order valence-electron chi connectivity index (χ0n) is 34.1. The highest BCUT2D eigenvalue weighted by Gasteiger charge is 2.57. The molecule has 4 fully saturated rings. The second kappa shape index (κ2) is 17.5. The summed E-state index contributed by atoms with van der Waals surface area (Å²) in [5.74, 6) is -3.91. The third-order valence-corrected chi connectivity index (χ3v) is 12.3. The molecule has 4 aliphatic heterocycles. The maximum absolute atomic E-state index is 14.5. The molecule has 0 aromatic carbocycles. The fourth-order valence-corrected chi connectivity index (χ4v) is 9.19. The smallest absolute Gasteiger partial charge is 0.311 e. The number of carbonyl (C=O) groups is 3. The summed E-state index contributed by atoms with van der Waals surface area (Å²) in [5, 5.41) is 16.0. The number of anilines is 1. The van der Waals surface area contributed by atoms with Crippen molar-refractivity contribution < 1.29 is 52.7 Å². The maximum Gasteiger partial charge on any atom is 0.311 e. The average molecular weight is 775 g/mol. The standard InChI is InChI=1S/C40H62N4O11/c1-11-30-40(8)28(16-32(45)55-40)23(4)33(46)21(2)17-39(7)36(54-38-34(47)29(44(9)10)14-22(3)52-38)24(5)35(25(6)37(48)53-30)49-19-27(20-50-39)43-51-18-26-12-13-42-31(41)15-26/h12-13,15,21-25,28-30,34-36,38,47H,11,14,16-20H2,1-10H3,(H2,41,42)/b43-27+/t21-,22-,23-,24+,25-,28+,29+,30-,34-,35+,36-,38+,39-,40+/m1/s1. The molecule has 0 amide bonds. The average Bonchev–Trinajstić information content (AvgIpc) is 3.46. The van der Waals surface area contributed by atoms with E-state index < -0.39 is 83.4 Å². The predicted molar refractivity (Wildman–Crippen MR) is 201 cm³/mol. The van der Waals surface area contributed by atoms with E-state index in [0.717, 1.165) is 5.56 Å². The molecular formula is C40H62N4O11. The number of aromatic nitrogens is 1. The molecule has 5 heterocycles. The molecule has 4 saturated heterocycles. The zero-order valence-corrected chi connectivity index (χ0v) is 34.1. The van der Waals surface area contributed by atoms with Gasteiger partial charge in [0.25, 0.3) is 0 Å². The van der Waals surface area contributed by atoms with Crippen LogP contribution in [0, 0.1) is 29.6 Å². The minimum atomic E-state index is -1.23. The van der Waals surface area contributed by atoms with Crippen LogP contribution in [0.4, 0.5) is 5.82 Å². The van der Waals surface area contributed by atoms with Crippen molar-refractivity contribution in [3.63, 3.8) is 0 Å². The SMILES string of the molecule is CC[C@H]1OC(=O)[C@H](C)[C@H]2OC/C(=N\OCc3ccnc(N)c3)CO[C@](C)(C[C@@H](C)C(=O)[C@H](C)[C@@H]3CC(=O)O[C@]13C)[C@H](O[C@@H]1O[C@H](C)C[C@H](N(C)C)[C@H]1O)[C@H]2C. The van der Waals surface area contributed by atoms with E-state index in [1.54, 1.807) is 32.2 Å². The summed E-state index contributed by atoms with van der Waals surface area (Å²) in [4.78, 5) is 53.4. The van der Waals surface area contributed by atoms with E-state index in [2.05, 4.69) is 10.1 Å². The number of ether oxygens (including phenoxy) is 6. The van der Waals surface area contributed by atoms with E-state index in [4.69, 9.17) is 39.0 Å². The summed E-state index contributed by atoms with van der Waals surface area (Å²) < 4.78 is 38.8. The van der Waals surface area contributed by atoms with Crippen LogP contribution < -0.4 is 5.73 Å². The summed E-state index contributed by atoms with van der Waals surface area (Å²) in [6.07, 6.45) is -2.10. The normalized spacial score (nSPS) is 41.5. The van der Waals surface area contributed by atoms with Gasteiger partial charge >= 0.3 is 11.9 Å². The molecule has 0 unspecified atom stereocenters. The number of cyclic esters (lactones) is 1. The third-order valence-electron chi connectivity index (χ3n) is 12.3. The van der Waals surface area contributed by atoms with Crippen molar-refractivity contribution >= 4 is 29.3 Å². The van der Waals surface area contributed by atoms with Crippen LogP contribution in [0.25, 0.3) is 0 Å². The molecular weight excluding hydrogens is 712 g/mol. The van der Waals surface area contributed by atoms with Gasteiger partial charge in [0, 0.05) is 35.9 Å². The Bertz CT molecular complexity index is 1560. The van der Waals surface area contributed by atoms with Crippen LogP contribution in [0.15, 0.2) is 23.5 Å². The number of aliphatic hydroxyl groups excluding tert-OH is 1. The fourth-order valence-electron chi connectivity index (χ4n) is 9.19. The lowest BCUT2D eigenvalue weighted by molar-refractivity contribution is -0.302. The largest absolute Gasteiger partial charge is 0.458 e. The van der Waals surface area contributed by atoms with Crippen molar-refractivity contribution in [2.45, 2.75) is 142 Å². The molecule has 308 valence electrons. The first kappa shape index (κ1) is 42.9. The van der Waals surface area contributed by atoms with Gasteiger partial charge in [-0.2, -0.15) is 0 Å². The Morgan fingerprint density at radius 2 is 1.82 bits per heavy atom. The van der Waals surface area contributed by atoms with Gasteiger partial charge in [0.2, 0.25) is 0 Å². The van der Waals surface area contributed by atoms with Crippen LogP contribution in [0.3, 0.4) is 0 Å². The van der Waals surface area contributed by atoms with Gasteiger partial charge in [-0.05, 0) is 78.7 Å². The highest BCUT2D eigenvalue weighted by atomic mass is 16.7. The number of nitrogen functional groups attached to an aromatic ring is 1. The molecule has 15 nitrogen and oxygen atoms in total. The van der Waals surface area contributed by atoms with E-state index in [-0.39, 0.29) is 50.6 Å². The molecule has 2 bridgehead atoms. The Morgan fingerprint density at radius 3 is 2.49 bits per heavy atom. The van der Waals surface area contributed by atoms with Gasteiger partial charge in [-0.3, -0.25) is 14.4 Å². The van der Waals surface area contributed by atoms with E-state index in [1.165, 1.54) is 0 Å². The minimum Gasteiger partial charge on any atom is -0.458 e. The number of pyridine rings is 1. The summed E-state index contributed by atoms with van der Waals surface area (Å²) in [5.41, 5.74) is 4.57. The Hall–Kier alpha value is -3.21. The summed E-state index contributed by atoms with van der Waals surface area (Å²) in [6.45, 7) is 14.7. The number of rotatable bonds is 7. The lowest BCUT2D eigenvalue weighted by atomic mass is 9.70. The number of nitrogens with two attached hydrogens (primary N) is 1. The van der Waals surface area contributed by atoms with Crippen molar-refractivity contribution in [2.75, 3.05) is 33.0 Å². The first-order chi connectivity index (χ1) is 25.9.